The van der Waals surface area contributed by atoms with Gasteiger partial charge in [-0.2, -0.15) is 18.2 Å². The highest BCUT2D eigenvalue weighted by Gasteiger charge is 2.48. The Morgan fingerprint density at radius 3 is 2.60 bits per heavy atom. The maximum absolute atomic E-state index is 15.3. The number of ether oxygens (including phenoxy) is 2. The average Bonchev–Trinajstić information content (AvgIpc) is 3.66. The maximum atomic E-state index is 15.3. The second-order valence-electron chi connectivity index (χ2n) is 11.1. The molecule has 2 aliphatic heterocycles. The molecule has 232 valence electrons. The summed E-state index contributed by atoms with van der Waals surface area (Å²) in [5.41, 5.74) is 7.18. The second-order valence-corrected chi connectivity index (χ2v) is 12.7. The molecule has 7 rings (SSSR count). The Morgan fingerprint density at radius 2 is 1.84 bits per heavy atom. The van der Waals surface area contributed by atoms with Crippen LogP contribution in [0.15, 0.2) is 60.9 Å². The topological polar surface area (TPSA) is 157 Å². The smallest absolute Gasteiger partial charge is 0.302 e. The number of nitrogens with two attached hydrogens (primary N) is 1. The number of para-hydroxylation sites is 1. The Kier molecular flexibility index (Phi) is 6.83. The third kappa shape index (κ3) is 5.08. The molecule has 4 N–H and O–H groups in total. The molecule has 0 radical (unpaired) electrons. The highest BCUT2D eigenvalue weighted by atomic mass is 32.2. The molecule has 0 unspecified atom stereocenters. The number of H-pyrrole nitrogens is 1. The van der Waals surface area contributed by atoms with E-state index in [2.05, 4.69) is 19.8 Å². The van der Waals surface area contributed by atoms with Crippen LogP contribution < -0.4 is 19.5 Å². The molecular weight excluding hydrogens is 608 g/mol. The summed E-state index contributed by atoms with van der Waals surface area (Å²) in [4.78, 5) is 20.7. The number of aromatic amines is 1. The van der Waals surface area contributed by atoms with E-state index in [0.717, 1.165) is 4.31 Å². The maximum Gasteiger partial charge on any atom is 0.302 e. The Balaban J connectivity index is 1.15. The van der Waals surface area contributed by atoms with Crippen molar-refractivity contribution < 1.29 is 31.5 Å². The number of ketones is 1. The van der Waals surface area contributed by atoms with E-state index in [1.807, 2.05) is 0 Å². The lowest BCUT2D eigenvalue weighted by atomic mass is 9.91. The van der Waals surface area contributed by atoms with Crippen LogP contribution in [0.25, 0.3) is 16.6 Å². The average molecular weight is 636 g/mol. The first-order valence-electron chi connectivity index (χ1n) is 14.0. The van der Waals surface area contributed by atoms with Crippen molar-refractivity contribution >= 4 is 38.4 Å². The molecule has 5 heterocycles. The summed E-state index contributed by atoms with van der Waals surface area (Å²) in [5, 5.41) is 4.66. The van der Waals surface area contributed by atoms with Gasteiger partial charge in [0.05, 0.1) is 47.1 Å². The van der Waals surface area contributed by atoms with Crippen molar-refractivity contribution in [3.63, 3.8) is 0 Å². The van der Waals surface area contributed by atoms with Crippen molar-refractivity contribution in [1.82, 2.24) is 24.5 Å². The van der Waals surface area contributed by atoms with Crippen molar-refractivity contribution in [1.29, 1.82) is 0 Å². The molecule has 2 aliphatic rings. The van der Waals surface area contributed by atoms with Gasteiger partial charge in [0, 0.05) is 30.2 Å². The summed E-state index contributed by atoms with van der Waals surface area (Å²) >= 11 is 0. The zero-order chi connectivity index (χ0) is 31.5. The molecule has 0 saturated carbocycles. The van der Waals surface area contributed by atoms with Crippen LogP contribution in [0, 0.1) is 18.6 Å². The summed E-state index contributed by atoms with van der Waals surface area (Å²) in [6, 6.07) is 11.6. The van der Waals surface area contributed by atoms with Gasteiger partial charge in [0.25, 0.3) is 0 Å². The van der Waals surface area contributed by atoms with Crippen LogP contribution in [0.4, 0.5) is 20.3 Å². The molecule has 0 aliphatic carbocycles. The molecular formula is C30H27F2N7O5S. The van der Waals surface area contributed by atoms with Crippen LogP contribution in [-0.2, 0) is 14.9 Å². The van der Waals surface area contributed by atoms with E-state index in [-0.39, 0.29) is 40.9 Å². The number of halogens is 2. The Hall–Kier alpha value is -4.86. The second kappa shape index (κ2) is 10.6. The van der Waals surface area contributed by atoms with Gasteiger partial charge >= 0.3 is 10.2 Å². The number of aromatic nitrogens is 4. The Labute approximate surface area is 255 Å². The molecule has 2 saturated heterocycles. The molecule has 0 amide bonds. The first-order valence-corrected chi connectivity index (χ1v) is 15.5. The molecule has 12 nitrogen and oxygen atoms in total. The zero-order valence-electron chi connectivity index (χ0n) is 23.9. The van der Waals surface area contributed by atoms with Crippen molar-refractivity contribution in [2.75, 3.05) is 29.8 Å². The lowest BCUT2D eigenvalue weighted by Crippen LogP contribution is -2.47. The molecule has 0 bridgehead atoms. The Bertz CT molecular complexity index is 2090. The van der Waals surface area contributed by atoms with Crippen LogP contribution in [0.3, 0.4) is 0 Å². The van der Waals surface area contributed by atoms with E-state index in [0.29, 0.717) is 48.2 Å². The number of anilines is 2. The third-order valence-corrected chi connectivity index (χ3v) is 9.72. The van der Waals surface area contributed by atoms with Gasteiger partial charge in [-0.15, -0.1) is 0 Å². The van der Waals surface area contributed by atoms with Crippen LogP contribution in [0.5, 0.6) is 11.6 Å². The fraction of sp³-hybridized carbons (Fsp3) is 0.233. The molecule has 45 heavy (non-hydrogen) atoms. The fourth-order valence-corrected chi connectivity index (χ4v) is 7.47. The summed E-state index contributed by atoms with van der Waals surface area (Å²) in [6.07, 6.45) is 3.71. The van der Waals surface area contributed by atoms with Gasteiger partial charge in [0.15, 0.2) is 11.6 Å². The number of nitrogens with zero attached hydrogens (tertiary/aromatic N) is 4. The van der Waals surface area contributed by atoms with E-state index in [1.165, 1.54) is 47.4 Å². The number of pyridine rings is 1. The molecule has 2 fully saturated rings. The number of hydrogen-bond acceptors (Lipinski definition) is 8. The minimum Gasteiger partial charge on any atom is -0.436 e. The van der Waals surface area contributed by atoms with E-state index in [9.17, 15) is 17.6 Å². The minimum absolute atomic E-state index is 0.0240. The van der Waals surface area contributed by atoms with Crippen LogP contribution in [-0.4, -0.2) is 59.2 Å². The van der Waals surface area contributed by atoms with Crippen molar-refractivity contribution in [2.45, 2.75) is 25.3 Å². The quantitative estimate of drug-likeness (QED) is 0.235. The number of hydrogen-bond donors (Lipinski definition) is 3. The summed E-state index contributed by atoms with van der Waals surface area (Å²) in [7, 11) is -4.00. The fourth-order valence-electron chi connectivity index (χ4n) is 5.72. The lowest BCUT2D eigenvalue weighted by molar-refractivity contribution is 0.0537. The summed E-state index contributed by atoms with van der Waals surface area (Å²) in [5.74, 6) is -1.55. The van der Waals surface area contributed by atoms with E-state index >= 15 is 4.39 Å². The number of rotatable bonds is 6. The van der Waals surface area contributed by atoms with E-state index in [4.69, 9.17) is 15.2 Å². The number of nitrogen functional groups attached to an aromatic ring is 1. The van der Waals surface area contributed by atoms with Gasteiger partial charge in [0.1, 0.15) is 11.6 Å². The van der Waals surface area contributed by atoms with Gasteiger partial charge < -0.3 is 20.2 Å². The molecule has 3 aromatic heterocycles. The first-order chi connectivity index (χ1) is 21.5. The van der Waals surface area contributed by atoms with Gasteiger partial charge in [0.2, 0.25) is 11.7 Å². The molecule has 15 heteroatoms. The molecule has 0 atom stereocenters. The lowest BCUT2D eigenvalue weighted by Gasteiger charge is -2.31. The number of aryl methyl sites for hydroxylation is 1. The number of fused-ring (bicyclic) bond motifs is 1. The van der Waals surface area contributed by atoms with Gasteiger partial charge in [-0.05, 0) is 55.7 Å². The minimum atomic E-state index is -4.00. The number of nitrogens with one attached hydrogen (secondary N) is 2. The molecule has 5 aromatic rings. The van der Waals surface area contributed by atoms with Crippen molar-refractivity contribution in [3.05, 3.63) is 89.4 Å². The predicted octanol–water partition coefficient (Wildman–Crippen LogP) is 4.14. The van der Waals surface area contributed by atoms with Crippen molar-refractivity contribution in [2.24, 2.45) is 0 Å². The van der Waals surface area contributed by atoms with E-state index < -0.39 is 33.2 Å². The third-order valence-electron chi connectivity index (χ3n) is 8.12. The monoisotopic (exact) mass is 635 g/mol. The SMILES string of the molecule is Cc1cc(Oc2ccccc2F)ncc1-n1ncc(C(=O)c2cc3cc(F)c(N4CC5(CCOCC5)NS4(=O)=O)cc3[nH]2)c1N. The van der Waals surface area contributed by atoms with Gasteiger partial charge in [-0.3, -0.25) is 9.10 Å². The number of carbonyl (C=O) groups is 1. The normalized spacial score (nSPS) is 17.3. The largest absolute Gasteiger partial charge is 0.436 e. The predicted molar refractivity (Wildman–Crippen MR) is 161 cm³/mol. The standard InChI is InChI=1S/C30H27F2N7O5S/c1-17-10-27(44-26-5-3-2-4-20(26)31)34-15-25(17)39-29(33)19(14-35-39)28(40)23-12-18-11-21(32)24(13-22(18)36-23)38-16-30(37-45(38,41)42)6-8-43-9-7-30/h2-5,10-15,36-37H,6-9,16,33H2,1H3. The molecule has 1 spiro atoms. The van der Waals surface area contributed by atoms with Crippen LogP contribution >= 0.6 is 0 Å². The van der Waals surface area contributed by atoms with E-state index in [1.54, 1.807) is 25.1 Å². The summed E-state index contributed by atoms with van der Waals surface area (Å²) < 4.78 is 71.4. The molecule has 2 aromatic carbocycles. The highest BCUT2D eigenvalue weighted by molar-refractivity contribution is 7.91. The summed E-state index contributed by atoms with van der Waals surface area (Å²) in [6.45, 7) is 2.64. The van der Waals surface area contributed by atoms with Crippen molar-refractivity contribution in [3.8, 4) is 17.3 Å². The van der Waals surface area contributed by atoms with Crippen LogP contribution in [0.1, 0.15) is 34.5 Å². The highest BCUT2D eigenvalue weighted by Crippen LogP contribution is 2.36. The first kappa shape index (κ1) is 28.9. The Morgan fingerprint density at radius 1 is 1.07 bits per heavy atom. The van der Waals surface area contributed by atoms with Gasteiger partial charge in [-0.25, -0.2) is 18.4 Å². The van der Waals surface area contributed by atoms with Gasteiger partial charge in [-0.1, -0.05) is 12.1 Å². The zero-order valence-corrected chi connectivity index (χ0v) is 24.7. The number of carbonyl (C=O) groups excluding carboxylic acids is 1. The van der Waals surface area contributed by atoms with Crippen LogP contribution in [0.2, 0.25) is 0 Å². The number of benzene rings is 2.